The van der Waals surface area contributed by atoms with Crippen LogP contribution in [-0.4, -0.2) is 18.4 Å². The van der Waals surface area contributed by atoms with E-state index in [0.29, 0.717) is 16.7 Å². The number of aryl methyl sites for hydroxylation is 1. The minimum Gasteiger partial charge on any atom is -0.451 e. The van der Waals surface area contributed by atoms with E-state index in [1.807, 2.05) is 18.2 Å². The van der Waals surface area contributed by atoms with Gasteiger partial charge in [-0.3, -0.25) is 4.79 Å². The van der Waals surface area contributed by atoms with Gasteiger partial charge in [0, 0.05) is 21.0 Å². The molecule has 0 fully saturated rings. The summed E-state index contributed by atoms with van der Waals surface area (Å²) in [7, 11) is 0. The monoisotopic (exact) mass is 372 g/mol. The Morgan fingerprint density at radius 1 is 1.13 bits per heavy atom. The van der Waals surface area contributed by atoms with Crippen molar-refractivity contribution in [1.82, 2.24) is 0 Å². The quantitative estimate of drug-likeness (QED) is 0.498. The van der Waals surface area contributed by atoms with Crippen molar-refractivity contribution >= 4 is 38.7 Å². The van der Waals surface area contributed by atoms with Gasteiger partial charge in [0.1, 0.15) is 5.58 Å². The topological polar surface area (TPSA) is 56.5 Å². The molecule has 2 aromatic carbocycles. The molecule has 0 aliphatic rings. The highest BCUT2D eigenvalue weighted by atomic mass is 79.9. The van der Waals surface area contributed by atoms with Crippen LogP contribution in [0.4, 0.5) is 0 Å². The SMILES string of the molecule is Cc1c(C(=O)OCC(=O)c2ccccc2)oc2ccc(Br)cc12. The number of ether oxygens (including phenoxy) is 1. The Kier molecular flexibility index (Phi) is 4.30. The van der Waals surface area contributed by atoms with Gasteiger partial charge in [0.15, 0.2) is 12.4 Å². The Morgan fingerprint density at radius 3 is 2.61 bits per heavy atom. The van der Waals surface area contributed by atoms with E-state index >= 15 is 0 Å². The Hall–Kier alpha value is -2.40. The zero-order valence-corrected chi connectivity index (χ0v) is 13.9. The average molecular weight is 373 g/mol. The summed E-state index contributed by atoms with van der Waals surface area (Å²) < 4.78 is 11.5. The number of ketones is 1. The molecule has 0 spiro atoms. The van der Waals surface area contributed by atoms with E-state index < -0.39 is 5.97 Å². The molecule has 1 heterocycles. The first-order valence-corrected chi connectivity index (χ1v) is 7.79. The predicted octanol–water partition coefficient (Wildman–Crippen LogP) is 4.54. The van der Waals surface area contributed by atoms with Gasteiger partial charge in [-0.05, 0) is 25.1 Å². The highest BCUT2D eigenvalue weighted by molar-refractivity contribution is 9.10. The molecule has 0 saturated carbocycles. The first-order chi connectivity index (χ1) is 11.1. The van der Waals surface area contributed by atoms with Gasteiger partial charge in [-0.25, -0.2) is 4.79 Å². The number of hydrogen-bond donors (Lipinski definition) is 0. The van der Waals surface area contributed by atoms with E-state index in [4.69, 9.17) is 9.15 Å². The molecule has 5 heteroatoms. The van der Waals surface area contributed by atoms with E-state index in [1.165, 1.54) is 0 Å². The van der Waals surface area contributed by atoms with Crippen LogP contribution in [-0.2, 0) is 4.74 Å². The lowest BCUT2D eigenvalue weighted by Gasteiger charge is -2.03. The lowest BCUT2D eigenvalue weighted by Crippen LogP contribution is -2.14. The molecule has 0 aliphatic heterocycles. The third kappa shape index (κ3) is 3.19. The molecule has 4 nitrogen and oxygen atoms in total. The minimum absolute atomic E-state index is 0.124. The maximum atomic E-state index is 12.2. The number of carbonyl (C=O) groups excluding carboxylic acids is 2. The normalized spacial score (nSPS) is 10.7. The predicted molar refractivity (Wildman–Crippen MR) is 89.7 cm³/mol. The van der Waals surface area contributed by atoms with Crippen molar-refractivity contribution in [2.45, 2.75) is 6.92 Å². The number of hydrogen-bond acceptors (Lipinski definition) is 4. The van der Waals surface area contributed by atoms with Crippen LogP contribution >= 0.6 is 15.9 Å². The van der Waals surface area contributed by atoms with E-state index in [0.717, 1.165) is 9.86 Å². The summed E-state index contributed by atoms with van der Waals surface area (Å²) in [6, 6.07) is 14.2. The summed E-state index contributed by atoms with van der Waals surface area (Å²) >= 11 is 3.39. The molecule has 0 bridgehead atoms. The molecule has 0 saturated heterocycles. The largest absolute Gasteiger partial charge is 0.451 e. The second kappa shape index (κ2) is 6.38. The fraction of sp³-hybridized carbons (Fsp3) is 0.111. The smallest absolute Gasteiger partial charge is 0.375 e. The van der Waals surface area contributed by atoms with Crippen LogP contribution < -0.4 is 0 Å². The van der Waals surface area contributed by atoms with E-state index in [1.54, 1.807) is 37.3 Å². The number of rotatable bonds is 4. The van der Waals surface area contributed by atoms with Crippen molar-refractivity contribution in [3.63, 3.8) is 0 Å². The summed E-state index contributed by atoms with van der Waals surface area (Å²) in [6.45, 7) is 1.47. The van der Waals surface area contributed by atoms with Crippen LogP contribution in [0.1, 0.15) is 26.5 Å². The van der Waals surface area contributed by atoms with Gasteiger partial charge in [0.25, 0.3) is 0 Å². The number of furan rings is 1. The Labute approximate surface area is 141 Å². The molecule has 0 amide bonds. The van der Waals surface area contributed by atoms with Crippen molar-refractivity contribution in [1.29, 1.82) is 0 Å². The van der Waals surface area contributed by atoms with Gasteiger partial charge < -0.3 is 9.15 Å². The number of fused-ring (bicyclic) bond motifs is 1. The molecule has 3 rings (SSSR count). The van der Waals surface area contributed by atoms with Crippen LogP contribution in [0.3, 0.4) is 0 Å². The first-order valence-electron chi connectivity index (χ1n) is 7.00. The molecule has 23 heavy (non-hydrogen) atoms. The van der Waals surface area contributed by atoms with Gasteiger partial charge in [-0.1, -0.05) is 46.3 Å². The number of halogens is 1. The summed E-state index contributed by atoms with van der Waals surface area (Å²) in [4.78, 5) is 24.1. The molecule has 0 atom stereocenters. The van der Waals surface area contributed by atoms with Crippen molar-refractivity contribution < 1.29 is 18.7 Å². The van der Waals surface area contributed by atoms with Crippen LogP contribution in [0.2, 0.25) is 0 Å². The van der Waals surface area contributed by atoms with Crippen LogP contribution in [0.25, 0.3) is 11.0 Å². The highest BCUT2D eigenvalue weighted by Crippen LogP contribution is 2.28. The third-order valence-electron chi connectivity index (χ3n) is 3.51. The van der Waals surface area contributed by atoms with Gasteiger partial charge in [-0.2, -0.15) is 0 Å². The lowest BCUT2D eigenvalue weighted by atomic mass is 10.1. The fourth-order valence-electron chi connectivity index (χ4n) is 2.29. The van der Waals surface area contributed by atoms with Crippen molar-refractivity contribution in [2.75, 3.05) is 6.61 Å². The van der Waals surface area contributed by atoms with Crippen LogP contribution in [0.5, 0.6) is 0 Å². The molecule has 1 aromatic heterocycles. The summed E-state index contributed by atoms with van der Waals surface area (Å²) in [6.07, 6.45) is 0. The average Bonchev–Trinajstić information content (AvgIpc) is 2.90. The maximum Gasteiger partial charge on any atom is 0.375 e. The number of esters is 1. The van der Waals surface area contributed by atoms with Crippen LogP contribution in [0, 0.1) is 6.92 Å². The molecule has 0 N–H and O–H groups in total. The van der Waals surface area contributed by atoms with Crippen molar-refractivity contribution in [2.24, 2.45) is 0 Å². The van der Waals surface area contributed by atoms with Crippen LogP contribution in [0.15, 0.2) is 57.4 Å². The maximum absolute atomic E-state index is 12.2. The van der Waals surface area contributed by atoms with Crippen molar-refractivity contribution in [3.05, 3.63) is 69.9 Å². The zero-order chi connectivity index (χ0) is 16.4. The van der Waals surface area contributed by atoms with Gasteiger partial charge in [-0.15, -0.1) is 0 Å². The molecule has 0 aliphatic carbocycles. The molecular formula is C18H13BrO4. The standard InChI is InChI=1S/C18H13BrO4/c1-11-14-9-13(19)7-8-16(14)23-17(11)18(21)22-10-15(20)12-5-3-2-4-6-12/h2-9H,10H2,1H3. The lowest BCUT2D eigenvalue weighted by molar-refractivity contribution is 0.0445. The minimum atomic E-state index is -0.640. The molecule has 0 unspecified atom stereocenters. The Bertz CT molecular complexity index is 881. The van der Waals surface area contributed by atoms with Gasteiger partial charge in [0.05, 0.1) is 0 Å². The first kappa shape index (κ1) is 15.5. The Balaban J connectivity index is 1.76. The molecular weight excluding hydrogens is 360 g/mol. The highest BCUT2D eigenvalue weighted by Gasteiger charge is 2.20. The zero-order valence-electron chi connectivity index (χ0n) is 12.3. The number of carbonyl (C=O) groups is 2. The van der Waals surface area contributed by atoms with E-state index in [-0.39, 0.29) is 18.2 Å². The second-order valence-electron chi connectivity index (χ2n) is 5.06. The number of Topliss-reactive ketones (excluding diaryl/α,β-unsaturated/α-hetero) is 1. The second-order valence-corrected chi connectivity index (χ2v) is 5.98. The van der Waals surface area contributed by atoms with Crippen molar-refractivity contribution in [3.8, 4) is 0 Å². The third-order valence-corrected chi connectivity index (χ3v) is 4.01. The fourth-order valence-corrected chi connectivity index (χ4v) is 2.65. The molecule has 3 aromatic rings. The van der Waals surface area contributed by atoms with E-state index in [9.17, 15) is 9.59 Å². The Morgan fingerprint density at radius 2 is 1.87 bits per heavy atom. The van der Waals surface area contributed by atoms with Gasteiger partial charge >= 0.3 is 5.97 Å². The molecule has 116 valence electrons. The summed E-state index contributed by atoms with van der Waals surface area (Å²) in [5.41, 5.74) is 1.80. The molecule has 0 radical (unpaired) electrons. The summed E-state index contributed by atoms with van der Waals surface area (Å²) in [5, 5.41) is 0.834. The van der Waals surface area contributed by atoms with E-state index in [2.05, 4.69) is 15.9 Å². The van der Waals surface area contributed by atoms with Gasteiger partial charge in [0.2, 0.25) is 5.76 Å². The summed E-state index contributed by atoms with van der Waals surface area (Å²) in [5.74, 6) is -0.770. The number of benzene rings is 2.